The Morgan fingerprint density at radius 3 is 2.84 bits per heavy atom. The van der Waals surface area contributed by atoms with E-state index in [2.05, 4.69) is 5.32 Å². The van der Waals surface area contributed by atoms with Gasteiger partial charge in [-0.2, -0.15) is 0 Å². The van der Waals surface area contributed by atoms with Crippen molar-refractivity contribution in [1.82, 2.24) is 0 Å². The summed E-state index contributed by atoms with van der Waals surface area (Å²) in [6.07, 6.45) is 4.53. The number of benzene rings is 1. The van der Waals surface area contributed by atoms with Gasteiger partial charge in [0.25, 0.3) is 0 Å². The molecule has 0 bridgehead atoms. The van der Waals surface area contributed by atoms with Crippen LogP contribution in [0, 0.1) is 16.0 Å². The first kappa shape index (κ1) is 13.6. The molecule has 104 valence electrons. The van der Waals surface area contributed by atoms with E-state index in [0.717, 1.165) is 13.0 Å². The zero-order chi connectivity index (χ0) is 13.7. The van der Waals surface area contributed by atoms with Crippen molar-refractivity contribution in [3.8, 4) is 5.75 Å². The van der Waals surface area contributed by atoms with Gasteiger partial charge in [0, 0.05) is 6.54 Å². The SMILES string of the molecule is CCCOc1cccc(NCC2CCC2)c1[N+](=O)[O-]. The molecule has 0 aliphatic heterocycles. The summed E-state index contributed by atoms with van der Waals surface area (Å²) in [5.41, 5.74) is 0.612. The van der Waals surface area contributed by atoms with Gasteiger partial charge in [-0.05, 0) is 37.3 Å². The first-order valence-corrected chi connectivity index (χ1v) is 6.86. The predicted molar refractivity (Wildman–Crippen MR) is 74.7 cm³/mol. The van der Waals surface area contributed by atoms with Crippen LogP contribution in [0.25, 0.3) is 0 Å². The minimum Gasteiger partial charge on any atom is -0.487 e. The molecular formula is C14H20N2O3. The number of anilines is 1. The van der Waals surface area contributed by atoms with Crippen molar-refractivity contribution in [3.63, 3.8) is 0 Å². The fourth-order valence-electron chi connectivity index (χ4n) is 2.13. The summed E-state index contributed by atoms with van der Waals surface area (Å²) in [6.45, 7) is 3.27. The van der Waals surface area contributed by atoms with E-state index < -0.39 is 0 Å². The molecule has 1 saturated carbocycles. The molecule has 5 nitrogen and oxygen atoms in total. The first-order valence-electron chi connectivity index (χ1n) is 6.86. The minimum atomic E-state index is -0.367. The van der Waals surface area contributed by atoms with Crippen LogP contribution in [0.4, 0.5) is 11.4 Å². The zero-order valence-corrected chi connectivity index (χ0v) is 11.2. The second kappa shape index (κ2) is 6.41. The standard InChI is InChI=1S/C14H20N2O3/c1-2-9-19-13-8-4-7-12(14(13)16(17)18)15-10-11-5-3-6-11/h4,7-8,11,15H,2-3,5-6,9-10H2,1H3. The number of nitrogens with one attached hydrogen (secondary N) is 1. The number of para-hydroxylation sites is 1. The highest BCUT2D eigenvalue weighted by Gasteiger charge is 2.23. The Hall–Kier alpha value is -1.78. The maximum Gasteiger partial charge on any atom is 0.333 e. The van der Waals surface area contributed by atoms with Gasteiger partial charge in [-0.15, -0.1) is 0 Å². The highest BCUT2D eigenvalue weighted by atomic mass is 16.6. The Bertz CT molecular complexity index is 444. The smallest absolute Gasteiger partial charge is 0.333 e. The molecule has 1 aliphatic rings. The highest BCUT2D eigenvalue weighted by molar-refractivity contribution is 5.68. The van der Waals surface area contributed by atoms with Gasteiger partial charge in [0.1, 0.15) is 5.69 Å². The Labute approximate surface area is 113 Å². The average Bonchev–Trinajstić information content (AvgIpc) is 2.34. The number of nitro groups is 1. The van der Waals surface area contributed by atoms with Crippen LogP contribution in [0.15, 0.2) is 18.2 Å². The fraction of sp³-hybridized carbons (Fsp3) is 0.571. The van der Waals surface area contributed by atoms with Crippen molar-refractivity contribution >= 4 is 11.4 Å². The lowest BCUT2D eigenvalue weighted by Crippen LogP contribution is -2.21. The zero-order valence-electron chi connectivity index (χ0n) is 11.2. The van der Waals surface area contributed by atoms with E-state index >= 15 is 0 Å². The lowest BCUT2D eigenvalue weighted by molar-refractivity contribution is -0.385. The van der Waals surface area contributed by atoms with E-state index in [4.69, 9.17) is 4.74 Å². The van der Waals surface area contributed by atoms with Gasteiger partial charge in [-0.25, -0.2) is 0 Å². The summed E-state index contributed by atoms with van der Waals surface area (Å²) in [7, 11) is 0. The van der Waals surface area contributed by atoms with Crippen molar-refractivity contribution in [1.29, 1.82) is 0 Å². The second-order valence-electron chi connectivity index (χ2n) is 4.94. The lowest BCUT2D eigenvalue weighted by atomic mass is 9.85. The van der Waals surface area contributed by atoms with Gasteiger partial charge >= 0.3 is 5.69 Å². The third kappa shape index (κ3) is 3.36. The van der Waals surface area contributed by atoms with Crippen LogP contribution in [0.2, 0.25) is 0 Å². The Morgan fingerprint density at radius 1 is 1.47 bits per heavy atom. The molecule has 1 N–H and O–H groups in total. The van der Waals surface area contributed by atoms with Crippen molar-refractivity contribution < 1.29 is 9.66 Å². The third-order valence-electron chi connectivity index (χ3n) is 3.45. The highest BCUT2D eigenvalue weighted by Crippen LogP contribution is 2.36. The molecule has 0 spiro atoms. The Kier molecular flexibility index (Phi) is 4.60. The molecule has 1 aromatic rings. The summed E-state index contributed by atoms with van der Waals surface area (Å²) in [4.78, 5) is 10.9. The topological polar surface area (TPSA) is 64.4 Å². The van der Waals surface area contributed by atoms with Crippen LogP contribution in [0.1, 0.15) is 32.6 Å². The van der Waals surface area contributed by atoms with E-state index in [1.54, 1.807) is 18.2 Å². The summed E-state index contributed by atoms with van der Waals surface area (Å²) in [6, 6.07) is 5.19. The maximum absolute atomic E-state index is 11.2. The van der Waals surface area contributed by atoms with Crippen molar-refractivity contribution in [2.45, 2.75) is 32.6 Å². The average molecular weight is 264 g/mol. The van der Waals surface area contributed by atoms with E-state index in [1.807, 2.05) is 6.92 Å². The van der Waals surface area contributed by atoms with E-state index in [-0.39, 0.29) is 10.6 Å². The van der Waals surface area contributed by atoms with Gasteiger partial charge in [0.2, 0.25) is 0 Å². The molecule has 0 amide bonds. The normalized spacial score (nSPS) is 14.8. The maximum atomic E-state index is 11.2. The van der Waals surface area contributed by atoms with Crippen LogP contribution in [-0.2, 0) is 0 Å². The van der Waals surface area contributed by atoms with Crippen LogP contribution in [0.3, 0.4) is 0 Å². The molecule has 19 heavy (non-hydrogen) atoms. The quantitative estimate of drug-likeness (QED) is 0.603. The Morgan fingerprint density at radius 2 is 2.26 bits per heavy atom. The van der Waals surface area contributed by atoms with Gasteiger partial charge in [0.05, 0.1) is 11.5 Å². The third-order valence-corrected chi connectivity index (χ3v) is 3.45. The molecule has 1 aromatic carbocycles. The number of nitrogens with zero attached hydrogens (tertiary/aromatic N) is 1. The number of nitro benzene ring substituents is 1. The molecule has 0 saturated heterocycles. The summed E-state index contributed by atoms with van der Waals surface area (Å²) in [5, 5.41) is 14.4. The van der Waals surface area contributed by atoms with E-state index in [1.165, 1.54) is 19.3 Å². The number of ether oxygens (including phenoxy) is 1. The largest absolute Gasteiger partial charge is 0.487 e. The summed E-state index contributed by atoms with van der Waals surface area (Å²) >= 11 is 0. The molecule has 0 radical (unpaired) electrons. The predicted octanol–water partition coefficient (Wildman–Crippen LogP) is 3.60. The number of hydrogen-bond acceptors (Lipinski definition) is 4. The molecule has 1 aliphatic carbocycles. The monoisotopic (exact) mass is 264 g/mol. The molecule has 0 heterocycles. The van der Waals surface area contributed by atoms with Crippen LogP contribution < -0.4 is 10.1 Å². The first-order chi connectivity index (χ1) is 9.22. The molecule has 0 unspecified atom stereocenters. The molecule has 0 aromatic heterocycles. The minimum absolute atomic E-state index is 0.0512. The van der Waals surface area contributed by atoms with Crippen LogP contribution in [0.5, 0.6) is 5.75 Å². The molecular weight excluding hydrogens is 244 g/mol. The van der Waals surface area contributed by atoms with Gasteiger partial charge < -0.3 is 10.1 Å². The summed E-state index contributed by atoms with van der Waals surface area (Å²) in [5.74, 6) is 1.00. The lowest BCUT2D eigenvalue weighted by Gasteiger charge is -2.25. The summed E-state index contributed by atoms with van der Waals surface area (Å²) < 4.78 is 5.45. The molecule has 2 rings (SSSR count). The van der Waals surface area contributed by atoms with Crippen LogP contribution >= 0.6 is 0 Å². The van der Waals surface area contributed by atoms with Gasteiger partial charge in [0.15, 0.2) is 5.75 Å². The van der Waals surface area contributed by atoms with Crippen LogP contribution in [-0.4, -0.2) is 18.1 Å². The van der Waals surface area contributed by atoms with Crippen molar-refractivity contribution in [2.24, 2.45) is 5.92 Å². The fourth-order valence-corrected chi connectivity index (χ4v) is 2.13. The number of hydrogen-bond donors (Lipinski definition) is 1. The Balaban J connectivity index is 2.12. The second-order valence-corrected chi connectivity index (χ2v) is 4.94. The molecule has 5 heteroatoms. The van der Waals surface area contributed by atoms with E-state index in [0.29, 0.717) is 24.0 Å². The van der Waals surface area contributed by atoms with Crippen molar-refractivity contribution in [2.75, 3.05) is 18.5 Å². The molecule has 0 atom stereocenters. The van der Waals surface area contributed by atoms with Crippen molar-refractivity contribution in [3.05, 3.63) is 28.3 Å². The van der Waals surface area contributed by atoms with Gasteiger partial charge in [-0.1, -0.05) is 19.4 Å². The van der Waals surface area contributed by atoms with E-state index in [9.17, 15) is 10.1 Å². The number of rotatable bonds is 7. The molecule has 1 fully saturated rings. The van der Waals surface area contributed by atoms with Gasteiger partial charge in [-0.3, -0.25) is 10.1 Å².